The van der Waals surface area contributed by atoms with Crippen molar-refractivity contribution in [1.82, 2.24) is 5.32 Å². The Morgan fingerprint density at radius 1 is 1.26 bits per heavy atom. The van der Waals surface area contributed by atoms with Crippen molar-refractivity contribution in [3.63, 3.8) is 0 Å². The number of phenols is 1. The molecule has 0 heterocycles. The third-order valence-electron chi connectivity index (χ3n) is 3.42. The molecular formula is C13H14FNO4. The van der Waals surface area contributed by atoms with Gasteiger partial charge in [0, 0.05) is 6.07 Å². The molecule has 0 saturated heterocycles. The summed E-state index contributed by atoms with van der Waals surface area (Å²) < 4.78 is 13.5. The Morgan fingerprint density at radius 3 is 2.42 bits per heavy atom. The second kappa shape index (κ2) is 4.87. The number of hydrogen-bond donors (Lipinski definition) is 3. The van der Waals surface area contributed by atoms with Gasteiger partial charge >= 0.3 is 5.97 Å². The first-order valence-corrected chi connectivity index (χ1v) is 5.99. The van der Waals surface area contributed by atoms with E-state index in [-0.39, 0.29) is 11.3 Å². The highest BCUT2D eigenvalue weighted by Gasteiger charge is 2.42. The molecule has 19 heavy (non-hydrogen) atoms. The Morgan fingerprint density at radius 2 is 1.89 bits per heavy atom. The molecular weight excluding hydrogens is 253 g/mol. The fourth-order valence-electron chi connectivity index (χ4n) is 2.34. The smallest absolute Gasteiger partial charge is 0.329 e. The lowest BCUT2D eigenvalue weighted by molar-refractivity contribution is -0.144. The number of rotatable bonds is 3. The van der Waals surface area contributed by atoms with Gasteiger partial charge in [-0.2, -0.15) is 0 Å². The number of carbonyl (C=O) groups excluding carboxylic acids is 1. The maximum Gasteiger partial charge on any atom is 0.329 e. The van der Waals surface area contributed by atoms with Crippen LogP contribution < -0.4 is 5.32 Å². The molecule has 3 N–H and O–H groups in total. The molecule has 1 aliphatic rings. The lowest BCUT2D eigenvalue weighted by Crippen LogP contribution is -2.52. The van der Waals surface area contributed by atoms with Gasteiger partial charge < -0.3 is 15.5 Å². The molecule has 6 heteroatoms. The molecule has 0 bridgehead atoms. The minimum Gasteiger partial charge on any atom is -0.508 e. The molecule has 1 fully saturated rings. The monoisotopic (exact) mass is 267 g/mol. The van der Waals surface area contributed by atoms with Crippen LogP contribution in [0.5, 0.6) is 5.75 Å². The van der Waals surface area contributed by atoms with Crippen molar-refractivity contribution in [2.24, 2.45) is 0 Å². The Labute approximate surface area is 109 Å². The summed E-state index contributed by atoms with van der Waals surface area (Å²) in [6, 6.07) is 3.13. The Balaban J connectivity index is 2.22. The number of hydrogen-bond acceptors (Lipinski definition) is 3. The third-order valence-corrected chi connectivity index (χ3v) is 3.42. The second-order valence-electron chi connectivity index (χ2n) is 4.71. The lowest BCUT2D eigenvalue weighted by atomic mass is 9.97. The van der Waals surface area contributed by atoms with Gasteiger partial charge in [0.1, 0.15) is 17.1 Å². The minimum atomic E-state index is -1.30. The largest absolute Gasteiger partial charge is 0.508 e. The first kappa shape index (κ1) is 13.3. The molecule has 0 unspecified atom stereocenters. The van der Waals surface area contributed by atoms with Crippen molar-refractivity contribution in [3.05, 3.63) is 29.6 Å². The fourth-order valence-corrected chi connectivity index (χ4v) is 2.34. The van der Waals surface area contributed by atoms with Gasteiger partial charge in [0.25, 0.3) is 5.91 Å². The number of carboxylic acid groups (broad SMARTS) is 1. The third kappa shape index (κ3) is 2.52. The van der Waals surface area contributed by atoms with Crippen LogP contribution in [0.25, 0.3) is 0 Å². The summed E-state index contributed by atoms with van der Waals surface area (Å²) >= 11 is 0. The van der Waals surface area contributed by atoms with Crippen LogP contribution in [0.2, 0.25) is 0 Å². The van der Waals surface area contributed by atoms with E-state index in [1.807, 2.05) is 0 Å². The molecule has 0 spiro atoms. The number of nitrogens with one attached hydrogen (secondary N) is 1. The maximum atomic E-state index is 13.5. The van der Waals surface area contributed by atoms with Crippen LogP contribution in [0.3, 0.4) is 0 Å². The average molecular weight is 267 g/mol. The number of aromatic hydroxyl groups is 1. The van der Waals surface area contributed by atoms with Crippen LogP contribution in [0.15, 0.2) is 18.2 Å². The van der Waals surface area contributed by atoms with E-state index in [0.717, 1.165) is 12.1 Å². The van der Waals surface area contributed by atoms with Crippen LogP contribution in [0.4, 0.5) is 4.39 Å². The van der Waals surface area contributed by atoms with E-state index in [1.54, 1.807) is 0 Å². The zero-order chi connectivity index (χ0) is 14.0. The van der Waals surface area contributed by atoms with Gasteiger partial charge in [0.05, 0.1) is 5.56 Å². The summed E-state index contributed by atoms with van der Waals surface area (Å²) in [5.74, 6) is -3.04. The van der Waals surface area contributed by atoms with Crippen LogP contribution >= 0.6 is 0 Å². The number of halogens is 1. The van der Waals surface area contributed by atoms with E-state index in [1.165, 1.54) is 6.07 Å². The molecule has 1 aromatic rings. The topological polar surface area (TPSA) is 86.6 Å². The van der Waals surface area contributed by atoms with Gasteiger partial charge in [-0.05, 0) is 25.0 Å². The molecule has 0 radical (unpaired) electrons. The van der Waals surface area contributed by atoms with E-state index in [9.17, 15) is 19.1 Å². The van der Waals surface area contributed by atoms with E-state index < -0.39 is 23.2 Å². The SMILES string of the molecule is O=C(NC1(C(=O)O)CCCC1)c1ccc(O)cc1F. The van der Waals surface area contributed by atoms with Gasteiger partial charge in [0.15, 0.2) is 0 Å². The van der Waals surface area contributed by atoms with E-state index in [0.29, 0.717) is 25.7 Å². The number of carbonyl (C=O) groups is 2. The number of aliphatic carboxylic acids is 1. The van der Waals surface area contributed by atoms with Crippen molar-refractivity contribution in [3.8, 4) is 5.75 Å². The first-order chi connectivity index (χ1) is 8.94. The van der Waals surface area contributed by atoms with E-state index >= 15 is 0 Å². The summed E-state index contributed by atoms with van der Waals surface area (Å²) in [5.41, 5.74) is -1.58. The molecule has 5 nitrogen and oxygen atoms in total. The van der Waals surface area contributed by atoms with E-state index in [2.05, 4.69) is 5.32 Å². The van der Waals surface area contributed by atoms with Gasteiger partial charge in [-0.15, -0.1) is 0 Å². The van der Waals surface area contributed by atoms with Gasteiger partial charge in [-0.3, -0.25) is 4.79 Å². The van der Waals surface area contributed by atoms with Crippen molar-refractivity contribution in [2.75, 3.05) is 0 Å². The standard InChI is InChI=1S/C13H14FNO4/c14-10-7-8(16)3-4-9(10)11(17)15-13(12(18)19)5-1-2-6-13/h3-4,7,16H,1-2,5-6H2,(H,15,17)(H,18,19). The van der Waals surface area contributed by atoms with Crippen molar-refractivity contribution in [2.45, 2.75) is 31.2 Å². The van der Waals surface area contributed by atoms with Crippen LogP contribution in [-0.4, -0.2) is 27.6 Å². The molecule has 0 atom stereocenters. The first-order valence-electron chi connectivity index (χ1n) is 5.99. The Bertz CT molecular complexity index is 523. The molecule has 1 aliphatic carbocycles. The highest BCUT2D eigenvalue weighted by Crippen LogP contribution is 2.30. The van der Waals surface area contributed by atoms with Crippen LogP contribution in [0.1, 0.15) is 36.0 Å². The normalized spacial score (nSPS) is 17.1. The van der Waals surface area contributed by atoms with Crippen molar-refractivity contribution < 1.29 is 24.2 Å². The van der Waals surface area contributed by atoms with Crippen LogP contribution in [-0.2, 0) is 4.79 Å². The fraction of sp³-hybridized carbons (Fsp3) is 0.385. The summed E-state index contributed by atoms with van der Waals surface area (Å²) in [5, 5.41) is 20.7. The highest BCUT2D eigenvalue weighted by molar-refractivity contribution is 5.98. The number of carboxylic acids is 1. The maximum absolute atomic E-state index is 13.5. The summed E-state index contributed by atoms with van der Waals surface area (Å²) in [6.45, 7) is 0. The molecule has 0 aromatic heterocycles. The van der Waals surface area contributed by atoms with E-state index in [4.69, 9.17) is 5.11 Å². The second-order valence-corrected chi connectivity index (χ2v) is 4.71. The predicted molar refractivity (Wildman–Crippen MR) is 64.4 cm³/mol. The van der Waals surface area contributed by atoms with Gasteiger partial charge in [-0.1, -0.05) is 12.8 Å². The Kier molecular flexibility index (Phi) is 3.42. The number of amides is 1. The number of phenolic OH excluding ortho intramolecular Hbond substituents is 1. The van der Waals surface area contributed by atoms with Crippen molar-refractivity contribution in [1.29, 1.82) is 0 Å². The molecule has 1 saturated carbocycles. The summed E-state index contributed by atoms with van der Waals surface area (Å²) in [6.07, 6.45) is 2.11. The molecule has 1 aromatic carbocycles. The van der Waals surface area contributed by atoms with Crippen LogP contribution in [0, 0.1) is 5.82 Å². The molecule has 1 amide bonds. The zero-order valence-electron chi connectivity index (χ0n) is 10.1. The summed E-state index contributed by atoms with van der Waals surface area (Å²) in [4.78, 5) is 23.2. The molecule has 0 aliphatic heterocycles. The average Bonchev–Trinajstić information content (AvgIpc) is 2.78. The lowest BCUT2D eigenvalue weighted by Gasteiger charge is -2.25. The molecule has 2 rings (SSSR count). The van der Waals surface area contributed by atoms with Gasteiger partial charge in [-0.25, -0.2) is 9.18 Å². The quantitative estimate of drug-likeness (QED) is 0.777. The van der Waals surface area contributed by atoms with Crippen molar-refractivity contribution >= 4 is 11.9 Å². The zero-order valence-corrected chi connectivity index (χ0v) is 10.1. The van der Waals surface area contributed by atoms with Gasteiger partial charge in [0.2, 0.25) is 0 Å². The number of benzene rings is 1. The highest BCUT2D eigenvalue weighted by atomic mass is 19.1. The predicted octanol–water partition coefficient (Wildman–Crippen LogP) is 1.66. The minimum absolute atomic E-state index is 0.273. The molecule has 102 valence electrons. The Hall–Kier alpha value is -2.11. The summed E-state index contributed by atoms with van der Waals surface area (Å²) in [7, 11) is 0.